The molecule has 1 N–H and O–H groups in total. The van der Waals surface area contributed by atoms with E-state index in [9.17, 15) is 13.2 Å². The number of likely N-dealkylation sites (tertiary alicyclic amines) is 1. The smallest absolute Gasteiger partial charge is 0.261 e. The van der Waals surface area contributed by atoms with Gasteiger partial charge in [-0.15, -0.1) is 0 Å². The third-order valence-corrected chi connectivity index (χ3v) is 6.54. The number of piperidine rings is 1. The van der Waals surface area contributed by atoms with E-state index in [2.05, 4.69) is 17.1 Å². The van der Waals surface area contributed by atoms with Crippen LogP contribution in [0.2, 0.25) is 0 Å². The summed E-state index contributed by atoms with van der Waals surface area (Å²) in [6.45, 7) is 8.16. The van der Waals surface area contributed by atoms with Crippen LogP contribution in [-0.4, -0.2) is 64.8 Å². The molecule has 0 saturated carbocycles. The van der Waals surface area contributed by atoms with Gasteiger partial charge in [-0.05, 0) is 69.0 Å². The Bertz CT molecular complexity index is 752. The summed E-state index contributed by atoms with van der Waals surface area (Å²) in [6, 6.07) is 6.70. The lowest BCUT2D eigenvalue weighted by Gasteiger charge is -2.30. The van der Waals surface area contributed by atoms with Crippen LogP contribution in [0.1, 0.15) is 39.5 Å². The first-order valence-corrected chi connectivity index (χ1v) is 12.3. The Morgan fingerprint density at radius 1 is 1.34 bits per heavy atom. The first kappa shape index (κ1) is 23.5. The van der Waals surface area contributed by atoms with Gasteiger partial charge in [0.15, 0.2) is 6.10 Å². The second kappa shape index (κ2) is 10.8. The quantitative estimate of drug-likeness (QED) is 0.583. The molecule has 0 bridgehead atoms. The minimum Gasteiger partial charge on any atom is -0.481 e. The van der Waals surface area contributed by atoms with E-state index < -0.39 is 16.1 Å². The molecule has 0 aromatic heterocycles. The number of carbonyl (C=O) groups excluding carboxylic acids is 1. The molecule has 7 nitrogen and oxygen atoms in total. The second-order valence-electron chi connectivity index (χ2n) is 7.93. The lowest BCUT2D eigenvalue weighted by molar-refractivity contribution is -0.128. The van der Waals surface area contributed by atoms with Crippen molar-refractivity contribution in [2.45, 2.75) is 45.6 Å². The fourth-order valence-electron chi connectivity index (χ4n) is 3.53. The van der Waals surface area contributed by atoms with E-state index in [0.29, 0.717) is 24.4 Å². The van der Waals surface area contributed by atoms with Crippen molar-refractivity contribution < 1.29 is 17.9 Å². The van der Waals surface area contributed by atoms with Gasteiger partial charge in [-0.25, -0.2) is 8.42 Å². The van der Waals surface area contributed by atoms with E-state index in [-0.39, 0.29) is 5.91 Å². The summed E-state index contributed by atoms with van der Waals surface area (Å²) in [6.07, 6.45) is 4.65. The van der Waals surface area contributed by atoms with Gasteiger partial charge < -0.3 is 15.0 Å². The van der Waals surface area contributed by atoms with Crippen molar-refractivity contribution in [1.29, 1.82) is 0 Å². The molecule has 1 aromatic rings. The minimum atomic E-state index is -3.31. The normalized spacial score (nSPS) is 18.8. The largest absolute Gasteiger partial charge is 0.481 e. The molecule has 1 fully saturated rings. The van der Waals surface area contributed by atoms with Crippen molar-refractivity contribution in [3.8, 4) is 5.75 Å². The minimum absolute atomic E-state index is 0.114. The highest BCUT2D eigenvalue weighted by Gasteiger charge is 2.19. The molecule has 2 atom stereocenters. The van der Waals surface area contributed by atoms with Crippen LogP contribution in [0.15, 0.2) is 24.3 Å². The molecule has 1 aliphatic rings. The number of nitrogens with zero attached hydrogens (tertiary/aromatic N) is 2. The number of amides is 1. The number of sulfonamides is 1. The molecule has 29 heavy (non-hydrogen) atoms. The van der Waals surface area contributed by atoms with Crippen molar-refractivity contribution in [3.05, 3.63) is 24.3 Å². The Kier molecular flexibility index (Phi) is 8.77. The molecule has 1 aliphatic heterocycles. The summed E-state index contributed by atoms with van der Waals surface area (Å²) in [7, 11) is -1.81. The number of rotatable bonds is 10. The van der Waals surface area contributed by atoms with Crippen LogP contribution in [0.3, 0.4) is 0 Å². The summed E-state index contributed by atoms with van der Waals surface area (Å²) >= 11 is 0. The van der Waals surface area contributed by atoms with E-state index in [0.717, 1.165) is 38.2 Å². The molecule has 0 unspecified atom stereocenters. The van der Waals surface area contributed by atoms with Crippen LogP contribution < -0.4 is 14.4 Å². The van der Waals surface area contributed by atoms with E-state index in [1.54, 1.807) is 24.3 Å². The van der Waals surface area contributed by atoms with E-state index in [1.807, 2.05) is 6.92 Å². The van der Waals surface area contributed by atoms with Crippen LogP contribution in [-0.2, 0) is 14.8 Å². The van der Waals surface area contributed by atoms with Crippen molar-refractivity contribution in [3.63, 3.8) is 0 Å². The molecule has 164 valence electrons. The Morgan fingerprint density at radius 3 is 2.62 bits per heavy atom. The standard InChI is InChI=1S/C21H35N3O4S/c1-5-20(21(25)22-13-7-15-24-14-6-8-17(2)16-24)28-19-11-9-18(10-12-19)23(3)29(4,26)27/h9-12,17,20H,5-8,13-16H2,1-4H3,(H,22,25)/t17-,20+/m0/s1. The van der Waals surface area contributed by atoms with Gasteiger partial charge in [0.1, 0.15) is 5.75 Å². The van der Waals surface area contributed by atoms with Gasteiger partial charge in [-0.1, -0.05) is 13.8 Å². The van der Waals surface area contributed by atoms with Gasteiger partial charge in [-0.2, -0.15) is 0 Å². The third kappa shape index (κ3) is 7.51. The molecule has 1 saturated heterocycles. The fourth-order valence-corrected chi connectivity index (χ4v) is 4.04. The zero-order valence-electron chi connectivity index (χ0n) is 18.1. The van der Waals surface area contributed by atoms with Crippen molar-refractivity contribution in [2.75, 3.05) is 43.8 Å². The zero-order valence-corrected chi connectivity index (χ0v) is 18.9. The number of carbonyl (C=O) groups is 1. The molecule has 0 spiro atoms. The van der Waals surface area contributed by atoms with Gasteiger partial charge in [0.05, 0.1) is 11.9 Å². The van der Waals surface area contributed by atoms with Gasteiger partial charge >= 0.3 is 0 Å². The Hall–Kier alpha value is -1.80. The lowest BCUT2D eigenvalue weighted by Crippen LogP contribution is -2.40. The van der Waals surface area contributed by atoms with Crippen LogP contribution in [0.4, 0.5) is 5.69 Å². The van der Waals surface area contributed by atoms with Gasteiger partial charge in [0, 0.05) is 20.1 Å². The number of hydrogen-bond donors (Lipinski definition) is 1. The molecule has 1 heterocycles. The third-order valence-electron chi connectivity index (χ3n) is 5.33. The van der Waals surface area contributed by atoms with E-state index in [1.165, 1.54) is 24.2 Å². The summed E-state index contributed by atoms with van der Waals surface area (Å²) in [5.41, 5.74) is 0.546. The SMILES string of the molecule is CC[C@@H](Oc1ccc(N(C)S(C)(=O)=O)cc1)C(=O)NCCCN1CCC[C@H](C)C1. The topological polar surface area (TPSA) is 78.9 Å². The molecule has 1 amide bonds. The van der Waals surface area contributed by atoms with Crippen molar-refractivity contribution in [1.82, 2.24) is 10.2 Å². The van der Waals surface area contributed by atoms with E-state index >= 15 is 0 Å². The zero-order chi connectivity index (χ0) is 21.4. The van der Waals surface area contributed by atoms with Crippen LogP contribution in [0.25, 0.3) is 0 Å². The number of anilines is 1. The molecular weight excluding hydrogens is 390 g/mol. The summed E-state index contributed by atoms with van der Waals surface area (Å²) in [4.78, 5) is 14.9. The number of ether oxygens (including phenoxy) is 1. The Morgan fingerprint density at radius 2 is 2.03 bits per heavy atom. The average molecular weight is 426 g/mol. The maximum atomic E-state index is 12.5. The summed E-state index contributed by atoms with van der Waals surface area (Å²) < 4.78 is 30.2. The highest BCUT2D eigenvalue weighted by molar-refractivity contribution is 7.92. The maximum Gasteiger partial charge on any atom is 0.261 e. The highest BCUT2D eigenvalue weighted by Crippen LogP contribution is 2.21. The van der Waals surface area contributed by atoms with Crippen LogP contribution in [0, 0.1) is 5.92 Å². The molecule has 0 aliphatic carbocycles. The molecule has 1 aromatic carbocycles. The maximum absolute atomic E-state index is 12.5. The first-order chi connectivity index (χ1) is 13.7. The van der Waals surface area contributed by atoms with Gasteiger partial charge in [-0.3, -0.25) is 9.10 Å². The average Bonchev–Trinajstić information content (AvgIpc) is 2.68. The van der Waals surface area contributed by atoms with Crippen LogP contribution in [0.5, 0.6) is 5.75 Å². The van der Waals surface area contributed by atoms with E-state index in [4.69, 9.17) is 4.74 Å². The monoisotopic (exact) mass is 425 g/mol. The Labute approximate surface area is 175 Å². The summed E-state index contributed by atoms with van der Waals surface area (Å²) in [5, 5.41) is 2.98. The predicted octanol–water partition coefficient (Wildman–Crippen LogP) is 2.48. The summed E-state index contributed by atoms with van der Waals surface area (Å²) in [5.74, 6) is 1.19. The molecule has 0 radical (unpaired) electrons. The van der Waals surface area contributed by atoms with Gasteiger partial charge in [0.2, 0.25) is 10.0 Å². The number of benzene rings is 1. The highest BCUT2D eigenvalue weighted by atomic mass is 32.2. The number of nitrogens with one attached hydrogen (secondary N) is 1. The molecule has 2 rings (SSSR count). The number of hydrogen-bond acceptors (Lipinski definition) is 5. The van der Waals surface area contributed by atoms with Gasteiger partial charge in [0.25, 0.3) is 5.91 Å². The fraction of sp³-hybridized carbons (Fsp3) is 0.667. The van der Waals surface area contributed by atoms with Crippen molar-refractivity contribution >= 4 is 21.6 Å². The molecule has 8 heteroatoms. The Balaban J connectivity index is 1.79. The first-order valence-electron chi connectivity index (χ1n) is 10.4. The van der Waals surface area contributed by atoms with Crippen LogP contribution >= 0.6 is 0 Å². The molecular formula is C21H35N3O4S. The second-order valence-corrected chi connectivity index (χ2v) is 9.95. The van der Waals surface area contributed by atoms with Crippen molar-refractivity contribution in [2.24, 2.45) is 5.92 Å². The lowest BCUT2D eigenvalue weighted by atomic mass is 10.0. The predicted molar refractivity (Wildman–Crippen MR) is 117 cm³/mol.